The third kappa shape index (κ3) is 5.67. The SMILES string of the molecule is CCOC(=O)Cn1c(=NC(=O)Cc2ccc(C)cc2)sc2cc(C(=O)OCC)ccc21. The van der Waals surface area contributed by atoms with Gasteiger partial charge >= 0.3 is 11.9 Å². The van der Waals surface area contributed by atoms with Crippen molar-refractivity contribution in [3.05, 3.63) is 64.0 Å². The van der Waals surface area contributed by atoms with Crippen molar-refractivity contribution in [1.82, 2.24) is 4.57 Å². The van der Waals surface area contributed by atoms with Gasteiger partial charge in [-0.3, -0.25) is 9.59 Å². The smallest absolute Gasteiger partial charge is 0.338 e. The average Bonchev–Trinajstić information content (AvgIpc) is 3.06. The Labute approximate surface area is 183 Å². The highest BCUT2D eigenvalue weighted by atomic mass is 32.1. The molecular formula is C23H24N2O5S. The first kappa shape index (κ1) is 22.4. The van der Waals surface area contributed by atoms with Gasteiger partial charge in [-0.1, -0.05) is 41.2 Å². The van der Waals surface area contributed by atoms with Crippen LogP contribution < -0.4 is 4.80 Å². The molecule has 0 aliphatic rings. The molecule has 3 aromatic rings. The van der Waals surface area contributed by atoms with Crippen LogP contribution in [0.1, 0.15) is 35.3 Å². The number of hydrogen-bond donors (Lipinski definition) is 0. The summed E-state index contributed by atoms with van der Waals surface area (Å²) < 4.78 is 12.5. The Bertz CT molecular complexity index is 1170. The molecule has 0 aliphatic carbocycles. The molecule has 0 saturated heterocycles. The van der Waals surface area contributed by atoms with Crippen LogP contribution in [0.25, 0.3) is 10.2 Å². The lowest BCUT2D eigenvalue weighted by molar-refractivity contribution is -0.143. The zero-order valence-corrected chi connectivity index (χ0v) is 18.5. The third-order valence-electron chi connectivity index (χ3n) is 4.48. The zero-order chi connectivity index (χ0) is 22.4. The van der Waals surface area contributed by atoms with Gasteiger partial charge in [-0.25, -0.2) is 4.79 Å². The second-order valence-corrected chi connectivity index (χ2v) is 7.86. The van der Waals surface area contributed by atoms with E-state index in [1.807, 2.05) is 31.2 Å². The molecule has 0 fully saturated rings. The average molecular weight is 441 g/mol. The molecule has 7 nitrogen and oxygen atoms in total. The Kier molecular flexibility index (Phi) is 7.36. The molecule has 8 heteroatoms. The minimum atomic E-state index is -0.427. The molecule has 31 heavy (non-hydrogen) atoms. The van der Waals surface area contributed by atoms with E-state index in [2.05, 4.69) is 4.99 Å². The highest BCUT2D eigenvalue weighted by Crippen LogP contribution is 2.20. The molecule has 1 heterocycles. The quantitative estimate of drug-likeness (QED) is 0.526. The third-order valence-corrected chi connectivity index (χ3v) is 5.52. The summed E-state index contributed by atoms with van der Waals surface area (Å²) in [5.41, 5.74) is 3.06. The van der Waals surface area contributed by atoms with Gasteiger partial charge in [0, 0.05) is 0 Å². The van der Waals surface area contributed by atoms with Crippen molar-refractivity contribution in [3.63, 3.8) is 0 Å². The van der Waals surface area contributed by atoms with Gasteiger partial charge in [-0.05, 0) is 44.5 Å². The predicted molar refractivity (Wildman–Crippen MR) is 118 cm³/mol. The maximum Gasteiger partial charge on any atom is 0.338 e. The molecule has 0 saturated carbocycles. The van der Waals surface area contributed by atoms with E-state index in [-0.39, 0.29) is 32.1 Å². The topological polar surface area (TPSA) is 87.0 Å². The van der Waals surface area contributed by atoms with E-state index in [1.54, 1.807) is 36.6 Å². The van der Waals surface area contributed by atoms with Gasteiger partial charge in [0.25, 0.3) is 5.91 Å². The molecule has 2 aromatic carbocycles. The number of ether oxygens (including phenoxy) is 2. The van der Waals surface area contributed by atoms with E-state index >= 15 is 0 Å². The van der Waals surface area contributed by atoms with Gasteiger partial charge in [0.15, 0.2) is 4.80 Å². The first-order valence-corrected chi connectivity index (χ1v) is 10.8. The molecule has 1 amide bonds. The summed E-state index contributed by atoms with van der Waals surface area (Å²) >= 11 is 1.23. The lowest BCUT2D eigenvalue weighted by atomic mass is 10.1. The van der Waals surface area contributed by atoms with Crippen molar-refractivity contribution in [3.8, 4) is 0 Å². The molecule has 0 radical (unpaired) electrons. The van der Waals surface area contributed by atoms with Crippen molar-refractivity contribution in [2.24, 2.45) is 4.99 Å². The highest BCUT2D eigenvalue weighted by molar-refractivity contribution is 7.16. The summed E-state index contributed by atoms with van der Waals surface area (Å²) in [6.45, 7) is 5.91. The number of benzene rings is 2. The van der Waals surface area contributed by atoms with E-state index in [4.69, 9.17) is 9.47 Å². The van der Waals surface area contributed by atoms with Crippen molar-refractivity contribution in [2.75, 3.05) is 13.2 Å². The summed E-state index contributed by atoms with van der Waals surface area (Å²) in [5, 5.41) is 0. The van der Waals surface area contributed by atoms with Crippen LogP contribution in [0.15, 0.2) is 47.5 Å². The molecule has 0 N–H and O–H groups in total. The van der Waals surface area contributed by atoms with Crippen molar-refractivity contribution in [1.29, 1.82) is 0 Å². The number of aryl methyl sites for hydroxylation is 1. The molecule has 0 unspecified atom stereocenters. The Morgan fingerprint density at radius 1 is 1.00 bits per heavy atom. The van der Waals surface area contributed by atoms with Crippen LogP contribution in [0, 0.1) is 6.92 Å². The Balaban J connectivity index is 2.00. The molecule has 0 bridgehead atoms. The summed E-state index contributed by atoms with van der Waals surface area (Å²) in [6.07, 6.45) is 0.155. The standard InChI is InChI=1S/C23H24N2O5S/c1-4-29-21(27)14-25-18-11-10-17(22(28)30-5-2)13-19(18)31-23(25)24-20(26)12-16-8-6-15(3)7-9-16/h6-11,13H,4-5,12,14H2,1-3H3. The van der Waals surface area contributed by atoms with Crippen LogP contribution in [0.3, 0.4) is 0 Å². The van der Waals surface area contributed by atoms with Gasteiger partial charge in [-0.2, -0.15) is 4.99 Å². The van der Waals surface area contributed by atoms with Gasteiger partial charge in [0.1, 0.15) is 6.54 Å². The molecule has 0 aliphatic heterocycles. The number of esters is 2. The fourth-order valence-corrected chi connectivity index (χ4v) is 4.10. The second-order valence-electron chi connectivity index (χ2n) is 6.85. The summed E-state index contributed by atoms with van der Waals surface area (Å²) in [6, 6.07) is 12.7. The molecule has 0 spiro atoms. The number of rotatable bonds is 7. The monoisotopic (exact) mass is 440 g/mol. The molecular weight excluding hydrogens is 416 g/mol. The van der Waals surface area contributed by atoms with Crippen LogP contribution in [0.5, 0.6) is 0 Å². The van der Waals surface area contributed by atoms with Crippen LogP contribution in [0.4, 0.5) is 0 Å². The first-order valence-electron chi connectivity index (χ1n) is 10.0. The fourth-order valence-electron chi connectivity index (χ4n) is 3.02. The normalized spacial score (nSPS) is 11.5. The maximum atomic E-state index is 12.6. The molecule has 0 atom stereocenters. The van der Waals surface area contributed by atoms with Gasteiger partial charge in [-0.15, -0.1) is 0 Å². The Morgan fingerprint density at radius 2 is 1.71 bits per heavy atom. The van der Waals surface area contributed by atoms with Crippen LogP contribution in [0.2, 0.25) is 0 Å². The van der Waals surface area contributed by atoms with Gasteiger partial charge < -0.3 is 14.0 Å². The number of aromatic nitrogens is 1. The fraction of sp³-hybridized carbons (Fsp3) is 0.304. The Morgan fingerprint density at radius 3 is 2.39 bits per heavy atom. The summed E-state index contributed by atoms with van der Waals surface area (Å²) in [5.74, 6) is -1.17. The number of carbonyl (C=O) groups is 3. The van der Waals surface area contributed by atoms with E-state index in [0.29, 0.717) is 15.9 Å². The lowest BCUT2D eigenvalue weighted by Crippen LogP contribution is -2.23. The first-order chi connectivity index (χ1) is 14.9. The van der Waals surface area contributed by atoms with E-state index < -0.39 is 11.9 Å². The molecule has 1 aromatic heterocycles. The number of fused-ring (bicyclic) bond motifs is 1. The number of amides is 1. The molecule has 162 valence electrons. The van der Waals surface area contributed by atoms with Crippen molar-refractivity contribution in [2.45, 2.75) is 33.7 Å². The van der Waals surface area contributed by atoms with Crippen LogP contribution in [-0.2, 0) is 32.0 Å². The second kappa shape index (κ2) is 10.2. The Hall–Kier alpha value is -3.26. The van der Waals surface area contributed by atoms with Gasteiger partial charge in [0.05, 0.1) is 35.4 Å². The highest BCUT2D eigenvalue weighted by Gasteiger charge is 2.15. The predicted octanol–water partition coefficient (Wildman–Crippen LogP) is 3.42. The summed E-state index contributed by atoms with van der Waals surface area (Å²) in [4.78, 5) is 41.4. The van der Waals surface area contributed by atoms with E-state index in [0.717, 1.165) is 15.8 Å². The maximum absolute atomic E-state index is 12.6. The summed E-state index contributed by atoms with van der Waals surface area (Å²) in [7, 11) is 0. The zero-order valence-electron chi connectivity index (χ0n) is 17.7. The van der Waals surface area contributed by atoms with Crippen LogP contribution >= 0.6 is 11.3 Å². The minimum absolute atomic E-state index is 0.0801. The number of nitrogens with zero attached hydrogens (tertiary/aromatic N) is 2. The number of thiazole rings is 1. The van der Waals surface area contributed by atoms with E-state index in [1.165, 1.54) is 11.3 Å². The minimum Gasteiger partial charge on any atom is -0.465 e. The number of carbonyl (C=O) groups excluding carboxylic acids is 3. The molecule has 3 rings (SSSR count). The largest absolute Gasteiger partial charge is 0.465 e. The van der Waals surface area contributed by atoms with Gasteiger partial charge in [0.2, 0.25) is 0 Å². The van der Waals surface area contributed by atoms with E-state index in [9.17, 15) is 14.4 Å². The van der Waals surface area contributed by atoms with Crippen LogP contribution in [-0.4, -0.2) is 35.6 Å². The van der Waals surface area contributed by atoms with Crippen molar-refractivity contribution >= 4 is 39.4 Å². The lowest BCUT2D eigenvalue weighted by Gasteiger charge is -2.06. The number of hydrogen-bond acceptors (Lipinski definition) is 6. The van der Waals surface area contributed by atoms with Crippen molar-refractivity contribution < 1.29 is 23.9 Å².